The Bertz CT molecular complexity index is 569. The Balaban J connectivity index is 2.05. The first-order valence-corrected chi connectivity index (χ1v) is 7.23. The van der Waals surface area contributed by atoms with Crippen molar-refractivity contribution < 1.29 is 4.74 Å². The van der Waals surface area contributed by atoms with E-state index in [2.05, 4.69) is 52.1 Å². The van der Waals surface area contributed by atoms with Crippen LogP contribution in [0.4, 0.5) is 5.69 Å². The summed E-state index contributed by atoms with van der Waals surface area (Å²) in [6.45, 7) is 1.68. The summed E-state index contributed by atoms with van der Waals surface area (Å²) in [5.74, 6) is 0.877. The Morgan fingerprint density at radius 1 is 1.10 bits per heavy atom. The van der Waals surface area contributed by atoms with Crippen molar-refractivity contribution in [1.29, 1.82) is 0 Å². The molecule has 0 aliphatic heterocycles. The normalized spacial score (nSPS) is 10.8. The number of methoxy groups -OCH3 is 1. The van der Waals surface area contributed by atoms with E-state index in [1.54, 1.807) is 7.11 Å². The first-order valence-electron chi connectivity index (χ1n) is 6.44. The third kappa shape index (κ3) is 3.99. The van der Waals surface area contributed by atoms with Crippen LogP contribution >= 0.6 is 15.9 Å². The molecule has 106 valence electrons. The first-order chi connectivity index (χ1) is 9.58. The number of anilines is 1. The van der Waals surface area contributed by atoms with E-state index in [4.69, 9.17) is 10.5 Å². The number of nitrogens with zero attached hydrogens (tertiary/aromatic N) is 1. The summed E-state index contributed by atoms with van der Waals surface area (Å²) >= 11 is 3.45. The van der Waals surface area contributed by atoms with Crippen molar-refractivity contribution in [2.45, 2.75) is 13.1 Å². The van der Waals surface area contributed by atoms with Gasteiger partial charge < -0.3 is 10.5 Å². The minimum absolute atomic E-state index is 0.762. The maximum Gasteiger partial charge on any atom is 0.123 e. The summed E-state index contributed by atoms with van der Waals surface area (Å²) in [6, 6.07) is 14.1. The zero-order valence-electron chi connectivity index (χ0n) is 11.8. The molecule has 2 N–H and O–H groups in total. The lowest BCUT2D eigenvalue weighted by Gasteiger charge is -2.19. The van der Waals surface area contributed by atoms with E-state index in [0.717, 1.165) is 34.6 Å². The van der Waals surface area contributed by atoms with E-state index in [0.29, 0.717) is 0 Å². The fraction of sp³-hybridized carbons (Fsp3) is 0.250. The molecule has 0 atom stereocenters. The summed E-state index contributed by atoms with van der Waals surface area (Å²) < 4.78 is 6.48. The minimum Gasteiger partial charge on any atom is -0.496 e. The van der Waals surface area contributed by atoms with E-state index in [9.17, 15) is 0 Å². The molecule has 0 heterocycles. The first kappa shape index (κ1) is 14.9. The molecule has 20 heavy (non-hydrogen) atoms. The molecule has 4 heteroatoms. The zero-order valence-corrected chi connectivity index (χ0v) is 13.4. The van der Waals surface area contributed by atoms with Gasteiger partial charge in [-0.2, -0.15) is 0 Å². The topological polar surface area (TPSA) is 38.5 Å². The minimum atomic E-state index is 0.762. The molecule has 2 aromatic carbocycles. The highest BCUT2D eigenvalue weighted by Crippen LogP contribution is 2.23. The van der Waals surface area contributed by atoms with Crippen LogP contribution in [0.1, 0.15) is 11.1 Å². The summed E-state index contributed by atoms with van der Waals surface area (Å²) in [7, 11) is 3.77. The predicted octanol–water partition coefficient (Wildman–Crippen LogP) is 3.67. The quantitative estimate of drug-likeness (QED) is 0.848. The molecule has 0 bridgehead atoms. The zero-order chi connectivity index (χ0) is 14.5. The molecule has 0 aliphatic carbocycles. The van der Waals surface area contributed by atoms with E-state index >= 15 is 0 Å². The van der Waals surface area contributed by atoms with Gasteiger partial charge in [0, 0.05) is 28.8 Å². The van der Waals surface area contributed by atoms with Crippen molar-refractivity contribution in [2.24, 2.45) is 0 Å². The van der Waals surface area contributed by atoms with Gasteiger partial charge in [0.1, 0.15) is 5.75 Å². The number of hydrogen-bond acceptors (Lipinski definition) is 3. The largest absolute Gasteiger partial charge is 0.496 e. The fourth-order valence-corrected chi connectivity index (χ4v) is 2.43. The van der Waals surface area contributed by atoms with Crippen LogP contribution in [0.5, 0.6) is 5.75 Å². The molecule has 0 saturated heterocycles. The van der Waals surface area contributed by atoms with E-state index < -0.39 is 0 Å². The van der Waals surface area contributed by atoms with Crippen molar-refractivity contribution in [2.75, 3.05) is 19.9 Å². The fourth-order valence-electron chi connectivity index (χ4n) is 2.17. The van der Waals surface area contributed by atoms with Gasteiger partial charge in [0.15, 0.2) is 0 Å². The number of nitrogens with two attached hydrogens (primary N) is 1. The van der Waals surface area contributed by atoms with E-state index in [1.165, 1.54) is 5.56 Å². The summed E-state index contributed by atoms with van der Waals surface area (Å²) in [5.41, 5.74) is 8.99. The van der Waals surface area contributed by atoms with Gasteiger partial charge in [-0.15, -0.1) is 0 Å². The van der Waals surface area contributed by atoms with Crippen LogP contribution in [-0.2, 0) is 13.1 Å². The molecular weight excluding hydrogens is 316 g/mol. The number of nitrogen functional groups attached to an aromatic ring is 1. The van der Waals surface area contributed by atoms with Crippen LogP contribution in [0, 0.1) is 0 Å². The Hall–Kier alpha value is -1.52. The summed E-state index contributed by atoms with van der Waals surface area (Å²) in [5, 5.41) is 0. The molecule has 2 aromatic rings. The van der Waals surface area contributed by atoms with Crippen molar-refractivity contribution in [1.82, 2.24) is 4.90 Å². The van der Waals surface area contributed by atoms with Gasteiger partial charge in [-0.25, -0.2) is 0 Å². The lowest BCUT2D eigenvalue weighted by Crippen LogP contribution is -2.17. The van der Waals surface area contributed by atoms with E-state index in [-0.39, 0.29) is 0 Å². The average molecular weight is 335 g/mol. The highest BCUT2D eigenvalue weighted by Gasteiger charge is 2.07. The van der Waals surface area contributed by atoms with Crippen molar-refractivity contribution >= 4 is 21.6 Å². The van der Waals surface area contributed by atoms with Crippen molar-refractivity contribution in [3.8, 4) is 5.75 Å². The van der Waals surface area contributed by atoms with Gasteiger partial charge in [0.2, 0.25) is 0 Å². The molecule has 0 aromatic heterocycles. The number of halogens is 1. The molecule has 0 amide bonds. The average Bonchev–Trinajstić information content (AvgIpc) is 2.41. The molecule has 0 radical (unpaired) electrons. The Morgan fingerprint density at radius 2 is 1.80 bits per heavy atom. The van der Waals surface area contributed by atoms with Crippen LogP contribution in [0.25, 0.3) is 0 Å². The lowest BCUT2D eigenvalue weighted by atomic mass is 10.1. The molecule has 2 rings (SSSR count). The van der Waals surface area contributed by atoms with Gasteiger partial charge in [-0.3, -0.25) is 4.90 Å². The van der Waals surface area contributed by atoms with Gasteiger partial charge in [-0.1, -0.05) is 28.1 Å². The van der Waals surface area contributed by atoms with Crippen molar-refractivity contribution in [3.05, 3.63) is 58.1 Å². The maximum atomic E-state index is 5.85. The molecule has 0 saturated carbocycles. The Morgan fingerprint density at radius 3 is 2.45 bits per heavy atom. The van der Waals surface area contributed by atoms with Crippen LogP contribution in [0.2, 0.25) is 0 Å². The number of benzene rings is 2. The second-order valence-electron chi connectivity index (χ2n) is 4.87. The number of ether oxygens (including phenoxy) is 1. The monoisotopic (exact) mass is 334 g/mol. The molecule has 0 fully saturated rings. The van der Waals surface area contributed by atoms with Crippen molar-refractivity contribution in [3.63, 3.8) is 0 Å². The standard InChI is InChI=1S/C16H19BrN2O/c1-19(10-12-3-5-14(17)6-4-12)11-13-9-15(18)7-8-16(13)20-2/h3-9H,10-11,18H2,1-2H3. The molecular formula is C16H19BrN2O. The molecule has 0 aliphatic rings. The third-order valence-corrected chi connectivity index (χ3v) is 3.64. The summed E-state index contributed by atoms with van der Waals surface area (Å²) in [6.07, 6.45) is 0. The third-order valence-electron chi connectivity index (χ3n) is 3.11. The SMILES string of the molecule is COc1ccc(N)cc1CN(C)Cc1ccc(Br)cc1. The lowest BCUT2D eigenvalue weighted by molar-refractivity contribution is 0.310. The molecule has 0 spiro atoms. The van der Waals surface area contributed by atoms with Crippen LogP contribution in [0.3, 0.4) is 0 Å². The smallest absolute Gasteiger partial charge is 0.123 e. The highest BCUT2D eigenvalue weighted by molar-refractivity contribution is 9.10. The van der Waals surface area contributed by atoms with Gasteiger partial charge in [0.25, 0.3) is 0 Å². The van der Waals surface area contributed by atoms with Crippen LogP contribution in [-0.4, -0.2) is 19.1 Å². The predicted molar refractivity (Wildman–Crippen MR) is 86.7 cm³/mol. The number of hydrogen-bond donors (Lipinski definition) is 1. The molecule has 3 nitrogen and oxygen atoms in total. The van der Waals surface area contributed by atoms with Gasteiger partial charge >= 0.3 is 0 Å². The van der Waals surface area contributed by atoms with Gasteiger partial charge in [-0.05, 0) is 42.9 Å². The van der Waals surface area contributed by atoms with E-state index in [1.807, 2.05) is 18.2 Å². The van der Waals surface area contributed by atoms with Gasteiger partial charge in [0.05, 0.1) is 7.11 Å². The second kappa shape index (κ2) is 6.77. The second-order valence-corrected chi connectivity index (χ2v) is 5.79. The molecule has 0 unspecified atom stereocenters. The maximum absolute atomic E-state index is 5.85. The number of rotatable bonds is 5. The van der Waals surface area contributed by atoms with Crippen LogP contribution < -0.4 is 10.5 Å². The Kier molecular flexibility index (Phi) is 5.04. The van der Waals surface area contributed by atoms with Crippen LogP contribution in [0.15, 0.2) is 46.9 Å². The Labute approximate surface area is 128 Å². The summed E-state index contributed by atoms with van der Waals surface area (Å²) in [4.78, 5) is 2.24. The highest BCUT2D eigenvalue weighted by atomic mass is 79.9.